The molecule has 1 amide bonds. The Kier molecular flexibility index (Phi) is 5.75. The van der Waals surface area contributed by atoms with Crippen molar-refractivity contribution in [1.29, 1.82) is 5.26 Å². The zero-order chi connectivity index (χ0) is 16.8. The molecule has 23 heavy (non-hydrogen) atoms. The van der Waals surface area contributed by atoms with Gasteiger partial charge >= 0.3 is 0 Å². The summed E-state index contributed by atoms with van der Waals surface area (Å²) in [5.74, 6) is -0.118. The maximum Gasteiger partial charge on any atom is 0.252 e. The van der Waals surface area contributed by atoms with Gasteiger partial charge in [-0.2, -0.15) is 5.26 Å². The molecule has 0 spiro atoms. The Hall–Kier alpha value is -2.35. The molecule has 0 atom stereocenters. The molecule has 0 aromatic rings. The van der Waals surface area contributed by atoms with Gasteiger partial charge in [0.05, 0.1) is 6.54 Å². The standard InChI is InChI=1S/C18H24N4O/c1-14-9-10-15(12-19)20-13-17(11-18(23)21(14)2)22(3)16-7-5-4-6-8-16/h9-11,16H,1,4-8,13H2,2-3H3/b10-9-,17-11+,20-15?. The predicted octanol–water partition coefficient (Wildman–Crippen LogP) is 2.64. The molecule has 1 aliphatic carbocycles. The molecule has 0 unspecified atom stereocenters. The van der Waals surface area contributed by atoms with Gasteiger partial charge < -0.3 is 9.80 Å². The van der Waals surface area contributed by atoms with Gasteiger partial charge in [0.25, 0.3) is 5.91 Å². The molecule has 5 nitrogen and oxygen atoms in total. The predicted molar refractivity (Wildman–Crippen MR) is 91.7 cm³/mol. The summed E-state index contributed by atoms with van der Waals surface area (Å²) in [6.45, 7) is 4.20. The third-order valence-electron chi connectivity index (χ3n) is 4.59. The van der Waals surface area contributed by atoms with Gasteiger partial charge in [-0.15, -0.1) is 0 Å². The Morgan fingerprint density at radius 3 is 2.70 bits per heavy atom. The Bertz CT molecular complexity index is 603. The van der Waals surface area contributed by atoms with Gasteiger partial charge in [-0.3, -0.25) is 9.79 Å². The monoisotopic (exact) mass is 312 g/mol. The van der Waals surface area contributed by atoms with Crippen LogP contribution in [-0.2, 0) is 4.79 Å². The zero-order valence-electron chi connectivity index (χ0n) is 14.0. The average Bonchev–Trinajstić information content (AvgIpc) is 2.59. The van der Waals surface area contributed by atoms with Crippen molar-refractivity contribution in [2.24, 2.45) is 4.99 Å². The van der Waals surface area contributed by atoms with Crippen molar-refractivity contribution in [3.05, 3.63) is 36.2 Å². The van der Waals surface area contributed by atoms with Crippen LogP contribution in [-0.4, -0.2) is 48.1 Å². The van der Waals surface area contributed by atoms with E-state index in [4.69, 9.17) is 0 Å². The highest BCUT2D eigenvalue weighted by molar-refractivity contribution is 6.07. The summed E-state index contributed by atoms with van der Waals surface area (Å²) in [6.07, 6.45) is 10.9. The molecule has 0 aromatic heterocycles. The fourth-order valence-electron chi connectivity index (χ4n) is 2.92. The first kappa shape index (κ1) is 17.0. The Morgan fingerprint density at radius 2 is 2.04 bits per heavy atom. The summed E-state index contributed by atoms with van der Waals surface area (Å²) >= 11 is 0. The van der Waals surface area contributed by atoms with Gasteiger partial charge in [0, 0.05) is 37.6 Å². The zero-order valence-corrected chi connectivity index (χ0v) is 14.0. The van der Waals surface area contributed by atoms with Gasteiger partial charge in [-0.25, -0.2) is 0 Å². The van der Waals surface area contributed by atoms with E-state index in [1.54, 1.807) is 25.3 Å². The van der Waals surface area contributed by atoms with Crippen LogP contribution in [0.15, 0.2) is 41.2 Å². The molecule has 1 fully saturated rings. The van der Waals surface area contributed by atoms with Crippen molar-refractivity contribution in [3.63, 3.8) is 0 Å². The van der Waals surface area contributed by atoms with E-state index in [-0.39, 0.29) is 5.91 Å². The number of allylic oxidation sites excluding steroid dienone is 2. The Morgan fingerprint density at radius 1 is 1.35 bits per heavy atom. The molecule has 122 valence electrons. The molecule has 0 aromatic carbocycles. The number of carbonyl (C=O) groups excluding carboxylic acids is 1. The minimum absolute atomic E-state index is 0.118. The molecular weight excluding hydrogens is 288 g/mol. The number of aliphatic imine (C=N–C) groups is 1. The maximum absolute atomic E-state index is 12.4. The minimum atomic E-state index is -0.118. The smallest absolute Gasteiger partial charge is 0.252 e. The lowest BCUT2D eigenvalue weighted by Crippen LogP contribution is -2.35. The lowest BCUT2D eigenvalue weighted by molar-refractivity contribution is -0.123. The van der Waals surface area contributed by atoms with E-state index in [9.17, 15) is 10.1 Å². The molecule has 0 radical (unpaired) electrons. The first-order chi connectivity index (χ1) is 11.0. The highest BCUT2D eigenvalue weighted by Gasteiger charge is 2.21. The fourth-order valence-corrected chi connectivity index (χ4v) is 2.92. The van der Waals surface area contributed by atoms with Crippen molar-refractivity contribution < 1.29 is 4.79 Å². The number of hydrogen-bond acceptors (Lipinski definition) is 4. The summed E-state index contributed by atoms with van der Waals surface area (Å²) in [5.41, 5.74) is 1.73. The molecule has 0 saturated heterocycles. The third kappa shape index (κ3) is 4.32. The first-order valence-corrected chi connectivity index (χ1v) is 8.05. The lowest BCUT2D eigenvalue weighted by atomic mass is 9.94. The summed E-state index contributed by atoms with van der Waals surface area (Å²) < 4.78 is 0. The van der Waals surface area contributed by atoms with Crippen LogP contribution in [0.25, 0.3) is 0 Å². The summed E-state index contributed by atoms with van der Waals surface area (Å²) in [4.78, 5) is 20.4. The molecule has 0 bridgehead atoms. The van der Waals surface area contributed by atoms with Crippen LogP contribution < -0.4 is 0 Å². The Balaban J connectivity index is 2.30. The second kappa shape index (κ2) is 7.77. The normalized spacial score (nSPS) is 24.3. The summed E-state index contributed by atoms with van der Waals surface area (Å²) in [6, 6.07) is 2.52. The molecule has 5 heteroatoms. The quantitative estimate of drug-likeness (QED) is 0.787. The van der Waals surface area contributed by atoms with E-state index < -0.39 is 0 Å². The van der Waals surface area contributed by atoms with Crippen molar-refractivity contribution in [2.75, 3.05) is 20.6 Å². The van der Waals surface area contributed by atoms with Gasteiger partial charge in [0.15, 0.2) is 0 Å². The van der Waals surface area contributed by atoms with Crippen LogP contribution in [0.3, 0.4) is 0 Å². The van der Waals surface area contributed by atoms with E-state index in [1.807, 2.05) is 7.05 Å². The highest BCUT2D eigenvalue weighted by Crippen LogP contribution is 2.24. The number of hydrogen-bond donors (Lipinski definition) is 0. The van der Waals surface area contributed by atoms with E-state index in [1.165, 1.54) is 24.2 Å². The fraction of sp³-hybridized carbons (Fsp3) is 0.500. The number of carbonyl (C=O) groups is 1. The second-order valence-electron chi connectivity index (χ2n) is 6.07. The first-order valence-electron chi connectivity index (χ1n) is 8.05. The van der Waals surface area contributed by atoms with Gasteiger partial charge in [-0.05, 0) is 25.0 Å². The molecule has 0 N–H and O–H groups in total. The lowest BCUT2D eigenvalue weighted by Gasteiger charge is -2.34. The maximum atomic E-state index is 12.4. The number of amides is 1. The van der Waals surface area contributed by atoms with Crippen LogP contribution in [0.5, 0.6) is 0 Å². The largest absolute Gasteiger partial charge is 0.373 e. The molecule has 2 aliphatic rings. The van der Waals surface area contributed by atoms with Crippen LogP contribution in [0.1, 0.15) is 32.1 Å². The third-order valence-corrected chi connectivity index (χ3v) is 4.59. The summed E-state index contributed by atoms with van der Waals surface area (Å²) in [5, 5.41) is 9.17. The second-order valence-corrected chi connectivity index (χ2v) is 6.07. The SMILES string of the molecule is C=C1/C=C\C(C#N)=NC/C(N(C)C2CCCCC2)=C\C(=O)N1C. The average molecular weight is 312 g/mol. The van der Waals surface area contributed by atoms with E-state index >= 15 is 0 Å². The van der Waals surface area contributed by atoms with Gasteiger partial charge in [-0.1, -0.05) is 25.8 Å². The Labute approximate surface area is 138 Å². The molecule has 1 saturated carbocycles. The number of likely N-dealkylation sites (N-methyl/N-ethyl adjacent to an activating group) is 2. The summed E-state index contributed by atoms with van der Waals surface area (Å²) in [7, 11) is 3.71. The molecule has 1 aliphatic heterocycles. The van der Waals surface area contributed by atoms with E-state index in [0.29, 0.717) is 24.0 Å². The van der Waals surface area contributed by atoms with Gasteiger partial charge in [0.2, 0.25) is 0 Å². The van der Waals surface area contributed by atoms with Crippen molar-refractivity contribution in [1.82, 2.24) is 9.80 Å². The van der Waals surface area contributed by atoms with Crippen LogP contribution in [0.2, 0.25) is 0 Å². The molecular formula is C18H24N4O. The molecule has 2 rings (SSSR count). The van der Waals surface area contributed by atoms with Crippen molar-refractivity contribution in [3.8, 4) is 6.07 Å². The minimum Gasteiger partial charge on any atom is -0.373 e. The number of nitrogens with zero attached hydrogens (tertiary/aromatic N) is 4. The van der Waals surface area contributed by atoms with Crippen molar-refractivity contribution >= 4 is 11.6 Å². The van der Waals surface area contributed by atoms with Crippen molar-refractivity contribution in [2.45, 2.75) is 38.1 Å². The van der Waals surface area contributed by atoms with E-state index in [0.717, 1.165) is 18.5 Å². The number of nitriles is 1. The van der Waals surface area contributed by atoms with E-state index in [2.05, 4.69) is 22.5 Å². The molecule has 1 heterocycles. The highest BCUT2D eigenvalue weighted by atomic mass is 16.2. The topological polar surface area (TPSA) is 59.7 Å². The van der Waals surface area contributed by atoms with Crippen LogP contribution in [0.4, 0.5) is 0 Å². The van der Waals surface area contributed by atoms with Crippen LogP contribution >= 0.6 is 0 Å². The van der Waals surface area contributed by atoms with Crippen LogP contribution in [0, 0.1) is 11.3 Å². The van der Waals surface area contributed by atoms with Gasteiger partial charge in [0.1, 0.15) is 11.8 Å². The number of rotatable bonds is 2.